The van der Waals surface area contributed by atoms with Crippen molar-refractivity contribution in [2.75, 3.05) is 0 Å². The smallest absolute Gasteiger partial charge is 0.147 e. The van der Waals surface area contributed by atoms with Gasteiger partial charge in [0.1, 0.15) is 0 Å². The standard InChI is InChI=1S/C14H14F3S.ClH/c1-9-4-2-7-12-11(9)8-13(10-5-3-6-10)18(12)14(15,16)17;/h2,4,7-8,10H,3,5-6H2,1H3;1H/q+1;. The Kier molecular flexibility index (Phi) is 3.85. The van der Waals surface area contributed by atoms with Crippen molar-refractivity contribution in [3.63, 3.8) is 0 Å². The highest BCUT2D eigenvalue weighted by atomic mass is 35.5. The highest BCUT2D eigenvalue weighted by Gasteiger charge is 2.50. The number of thiophene rings is 1. The Balaban J connectivity index is 0.00000133. The molecule has 1 saturated carbocycles. The average Bonchev–Trinajstić information content (AvgIpc) is 2.54. The minimum absolute atomic E-state index is 0. The summed E-state index contributed by atoms with van der Waals surface area (Å²) < 4.78 is 40.4. The lowest BCUT2D eigenvalue weighted by molar-refractivity contribution is -0.0868. The van der Waals surface area contributed by atoms with Crippen molar-refractivity contribution in [1.29, 1.82) is 0 Å². The number of hydrogen-bond acceptors (Lipinski definition) is 0. The van der Waals surface area contributed by atoms with Crippen LogP contribution in [-0.4, -0.2) is 0 Å². The first-order valence-electron chi connectivity index (χ1n) is 6.11. The Bertz CT molecular complexity index is 596. The van der Waals surface area contributed by atoms with Crippen LogP contribution in [0.3, 0.4) is 0 Å². The van der Waals surface area contributed by atoms with Gasteiger partial charge in [-0.25, -0.2) is 0 Å². The average molecular weight is 308 g/mol. The lowest BCUT2D eigenvalue weighted by Crippen LogP contribution is -2.10. The van der Waals surface area contributed by atoms with Crippen LogP contribution in [0.5, 0.6) is 0 Å². The molecule has 1 aliphatic carbocycles. The highest BCUT2D eigenvalue weighted by Crippen LogP contribution is 2.56. The van der Waals surface area contributed by atoms with Gasteiger partial charge in [0.25, 0.3) is 0 Å². The lowest BCUT2D eigenvalue weighted by Gasteiger charge is -2.21. The third-order valence-electron chi connectivity index (χ3n) is 3.77. The van der Waals surface area contributed by atoms with Gasteiger partial charge in [0.05, 0.1) is 10.5 Å². The lowest BCUT2D eigenvalue weighted by atomic mass is 9.84. The molecule has 1 aromatic heterocycles. The van der Waals surface area contributed by atoms with E-state index in [1.807, 2.05) is 19.1 Å². The van der Waals surface area contributed by atoms with Gasteiger partial charge in [-0.05, 0) is 31.4 Å². The fraction of sp³-hybridized carbons (Fsp3) is 0.429. The number of hydrogen-bond donors (Lipinski definition) is 0. The summed E-state index contributed by atoms with van der Waals surface area (Å²) in [6.07, 6.45) is 2.89. The molecule has 19 heavy (non-hydrogen) atoms. The summed E-state index contributed by atoms with van der Waals surface area (Å²) in [4.78, 5) is 0.623. The Morgan fingerprint density at radius 2 is 1.89 bits per heavy atom. The van der Waals surface area contributed by atoms with Crippen LogP contribution >= 0.6 is 22.9 Å². The van der Waals surface area contributed by atoms with Crippen LogP contribution in [0.25, 0.3) is 10.1 Å². The van der Waals surface area contributed by atoms with Gasteiger partial charge in [0.2, 0.25) is 0 Å². The summed E-state index contributed by atoms with van der Waals surface area (Å²) in [7, 11) is -1.69. The van der Waals surface area contributed by atoms with Gasteiger partial charge in [-0.15, -0.1) is 25.6 Å². The molecule has 0 saturated heterocycles. The molecular formula is C14H15ClF3S+. The monoisotopic (exact) mass is 307 g/mol. The van der Waals surface area contributed by atoms with Gasteiger partial charge in [-0.3, -0.25) is 0 Å². The molecule has 1 aromatic carbocycles. The predicted molar refractivity (Wildman–Crippen MR) is 76.3 cm³/mol. The Morgan fingerprint density at radius 3 is 2.42 bits per heavy atom. The second kappa shape index (κ2) is 4.98. The third kappa shape index (κ3) is 2.36. The molecule has 1 fully saturated rings. The third-order valence-corrected chi connectivity index (χ3v) is 5.95. The van der Waals surface area contributed by atoms with Crippen molar-refractivity contribution in [2.24, 2.45) is 0 Å². The van der Waals surface area contributed by atoms with Crippen LogP contribution in [-0.2, 0) is 5.51 Å². The van der Waals surface area contributed by atoms with E-state index in [0.29, 0.717) is 9.58 Å². The summed E-state index contributed by atoms with van der Waals surface area (Å²) in [5, 5.41) is 0.806. The van der Waals surface area contributed by atoms with Gasteiger partial charge in [0.15, 0.2) is 9.58 Å². The summed E-state index contributed by atoms with van der Waals surface area (Å²) >= 11 is 0. The maximum absolute atomic E-state index is 13.3. The van der Waals surface area contributed by atoms with Gasteiger partial charge >= 0.3 is 5.51 Å². The number of benzene rings is 1. The molecular weight excluding hydrogens is 293 g/mol. The van der Waals surface area contributed by atoms with E-state index in [9.17, 15) is 13.2 Å². The maximum atomic E-state index is 13.3. The molecule has 0 radical (unpaired) electrons. The van der Waals surface area contributed by atoms with Gasteiger partial charge in [0, 0.05) is 17.4 Å². The number of alkyl halides is 3. The van der Waals surface area contributed by atoms with Crippen LogP contribution in [0, 0.1) is 6.92 Å². The maximum Gasteiger partial charge on any atom is 0.600 e. The van der Waals surface area contributed by atoms with E-state index in [1.165, 1.54) is 0 Å². The molecule has 0 N–H and O–H groups in total. The topological polar surface area (TPSA) is 0 Å². The zero-order valence-electron chi connectivity index (χ0n) is 10.5. The molecule has 3 rings (SSSR count). The predicted octanol–water partition coefficient (Wildman–Crippen LogP) is 6.06. The van der Waals surface area contributed by atoms with E-state index in [-0.39, 0.29) is 18.3 Å². The molecule has 1 unspecified atom stereocenters. The van der Waals surface area contributed by atoms with E-state index < -0.39 is 16.0 Å². The van der Waals surface area contributed by atoms with Crippen LogP contribution in [0.2, 0.25) is 0 Å². The molecule has 2 aromatic rings. The molecule has 0 bridgehead atoms. The zero-order valence-corrected chi connectivity index (χ0v) is 12.1. The second-order valence-corrected chi connectivity index (χ2v) is 6.90. The quantitative estimate of drug-likeness (QED) is 0.561. The van der Waals surface area contributed by atoms with Crippen LogP contribution in [0.1, 0.15) is 35.6 Å². The van der Waals surface area contributed by atoms with Gasteiger partial charge in [-0.2, -0.15) is 0 Å². The van der Waals surface area contributed by atoms with Crippen molar-refractivity contribution >= 4 is 33.0 Å². The van der Waals surface area contributed by atoms with Crippen molar-refractivity contribution in [3.05, 3.63) is 34.7 Å². The summed E-state index contributed by atoms with van der Waals surface area (Å²) in [6.45, 7) is 1.89. The molecule has 1 heterocycles. The fourth-order valence-electron chi connectivity index (χ4n) is 2.58. The largest absolute Gasteiger partial charge is 0.600 e. The van der Waals surface area contributed by atoms with E-state index in [0.717, 1.165) is 30.2 Å². The normalized spacial score (nSPS) is 17.2. The minimum Gasteiger partial charge on any atom is -0.147 e. The second-order valence-electron chi connectivity index (χ2n) is 4.91. The van der Waals surface area contributed by atoms with Crippen molar-refractivity contribution in [3.8, 4) is 0 Å². The molecule has 5 heteroatoms. The van der Waals surface area contributed by atoms with E-state index in [2.05, 4.69) is 0 Å². The Hall–Kier alpha value is -0.740. The number of fused-ring (bicyclic) bond motifs is 1. The van der Waals surface area contributed by atoms with E-state index >= 15 is 0 Å². The van der Waals surface area contributed by atoms with Crippen molar-refractivity contribution in [2.45, 2.75) is 37.6 Å². The van der Waals surface area contributed by atoms with Gasteiger partial charge < -0.3 is 0 Å². The van der Waals surface area contributed by atoms with Gasteiger partial charge in [-0.1, -0.05) is 18.6 Å². The molecule has 1 atom stereocenters. The summed E-state index contributed by atoms with van der Waals surface area (Å²) in [6, 6.07) is 7.07. The molecule has 104 valence electrons. The Labute approximate surface area is 119 Å². The number of rotatable bonds is 1. The number of aryl methyl sites for hydroxylation is 1. The first-order valence-corrected chi connectivity index (χ1v) is 7.33. The SMILES string of the molecule is Cc1cccc2c1cc(C1CCC1)[s+]2C(F)(F)F.Cl. The summed E-state index contributed by atoms with van der Waals surface area (Å²) in [5.74, 6) is 0.154. The Morgan fingerprint density at radius 1 is 1.21 bits per heavy atom. The van der Waals surface area contributed by atoms with Crippen LogP contribution in [0.4, 0.5) is 13.2 Å². The van der Waals surface area contributed by atoms with Crippen LogP contribution in [0.15, 0.2) is 24.3 Å². The van der Waals surface area contributed by atoms with Crippen molar-refractivity contribution < 1.29 is 13.2 Å². The number of halogens is 4. The molecule has 0 aliphatic heterocycles. The first kappa shape index (κ1) is 14.7. The molecule has 0 amide bonds. The summed E-state index contributed by atoms with van der Waals surface area (Å²) in [5.41, 5.74) is -3.19. The first-order chi connectivity index (χ1) is 8.48. The van der Waals surface area contributed by atoms with Crippen LogP contribution < -0.4 is 0 Å². The zero-order chi connectivity index (χ0) is 12.9. The van der Waals surface area contributed by atoms with E-state index in [4.69, 9.17) is 0 Å². The molecule has 1 aliphatic rings. The van der Waals surface area contributed by atoms with E-state index in [1.54, 1.807) is 12.1 Å². The van der Waals surface area contributed by atoms with Crippen molar-refractivity contribution in [1.82, 2.24) is 0 Å². The molecule has 0 spiro atoms. The fourth-order valence-corrected chi connectivity index (χ4v) is 4.81. The minimum atomic E-state index is -4.14. The molecule has 0 nitrogen and oxygen atoms in total. The highest BCUT2D eigenvalue weighted by molar-refractivity contribution is 7.38.